The second kappa shape index (κ2) is 4.51. The third-order valence-corrected chi connectivity index (χ3v) is 4.57. The summed E-state index contributed by atoms with van der Waals surface area (Å²) in [5.74, 6) is -0.0526. The number of nitrogens with one attached hydrogen (secondary N) is 1. The van der Waals surface area contributed by atoms with E-state index in [1.807, 2.05) is 36.4 Å². The second-order valence-electron chi connectivity index (χ2n) is 3.76. The van der Waals surface area contributed by atoms with E-state index >= 15 is 0 Å². The number of aromatic nitrogens is 1. The number of rotatable bonds is 2. The lowest BCUT2D eigenvalue weighted by molar-refractivity contribution is 0.445. The maximum Gasteiger partial charge on any atom is 0.308 e. The molecule has 0 aliphatic heterocycles. The van der Waals surface area contributed by atoms with Crippen LogP contribution in [0.4, 0.5) is 0 Å². The van der Waals surface area contributed by atoms with Gasteiger partial charge in [0, 0.05) is 4.90 Å². The highest BCUT2D eigenvalue weighted by molar-refractivity contribution is 8.01. The molecular formula is C13H9NO2S2. The fraction of sp³-hybridized carbons (Fsp3) is 0. The van der Waals surface area contributed by atoms with Crippen molar-refractivity contribution in [3.63, 3.8) is 0 Å². The molecule has 0 aliphatic rings. The van der Waals surface area contributed by atoms with E-state index in [0.29, 0.717) is 4.21 Å². The molecule has 0 saturated heterocycles. The van der Waals surface area contributed by atoms with Crippen LogP contribution in [0.1, 0.15) is 0 Å². The summed E-state index contributed by atoms with van der Waals surface area (Å²) in [5.41, 5.74) is 0. The van der Waals surface area contributed by atoms with Gasteiger partial charge in [-0.1, -0.05) is 53.4 Å². The van der Waals surface area contributed by atoms with Crippen molar-refractivity contribution in [3.05, 3.63) is 52.1 Å². The van der Waals surface area contributed by atoms with E-state index in [2.05, 4.69) is 11.1 Å². The Bertz CT molecular complexity index is 761. The number of hydrogen-bond acceptors (Lipinski definition) is 4. The topological polar surface area (TPSA) is 53.1 Å². The maximum absolute atomic E-state index is 11.1. The molecular weight excluding hydrogens is 266 g/mol. The van der Waals surface area contributed by atoms with Crippen LogP contribution in [-0.2, 0) is 0 Å². The standard InChI is InChI=1S/C13H9NO2S2/c15-11-12(18-13(16)14-11)17-10-6-5-8-3-1-2-4-9(8)7-10/h1-7,15H,(H,14,16). The Morgan fingerprint density at radius 3 is 2.61 bits per heavy atom. The SMILES string of the molecule is O=c1[nH]c(O)c(Sc2ccc3ccccc3c2)s1. The van der Waals surface area contributed by atoms with Gasteiger partial charge in [0.05, 0.1) is 0 Å². The van der Waals surface area contributed by atoms with Gasteiger partial charge in [-0.3, -0.25) is 9.78 Å². The van der Waals surface area contributed by atoms with Crippen LogP contribution in [0.2, 0.25) is 0 Å². The molecule has 18 heavy (non-hydrogen) atoms. The summed E-state index contributed by atoms with van der Waals surface area (Å²) < 4.78 is 0.593. The first-order valence-corrected chi connectivity index (χ1v) is 6.94. The van der Waals surface area contributed by atoms with Crippen molar-refractivity contribution in [2.75, 3.05) is 0 Å². The zero-order valence-electron chi connectivity index (χ0n) is 9.21. The fourth-order valence-electron chi connectivity index (χ4n) is 1.71. The monoisotopic (exact) mass is 275 g/mol. The minimum atomic E-state index is -0.240. The first-order chi connectivity index (χ1) is 8.72. The average molecular weight is 275 g/mol. The molecule has 2 N–H and O–H groups in total. The summed E-state index contributed by atoms with van der Waals surface area (Å²) in [7, 11) is 0. The van der Waals surface area contributed by atoms with Gasteiger partial charge in [0.15, 0.2) is 0 Å². The average Bonchev–Trinajstić information content (AvgIpc) is 2.68. The van der Waals surface area contributed by atoms with E-state index in [1.165, 1.54) is 17.1 Å². The largest absolute Gasteiger partial charge is 0.493 e. The lowest BCUT2D eigenvalue weighted by atomic mass is 10.1. The van der Waals surface area contributed by atoms with Crippen molar-refractivity contribution >= 4 is 33.9 Å². The summed E-state index contributed by atoms with van der Waals surface area (Å²) in [5, 5.41) is 11.9. The molecule has 0 radical (unpaired) electrons. The highest BCUT2D eigenvalue weighted by Gasteiger charge is 2.08. The molecule has 3 rings (SSSR count). The van der Waals surface area contributed by atoms with E-state index in [1.54, 1.807) is 0 Å². The van der Waals surface area contributed by atoms with Gasteiger partial charge >= 0.3 is 4.87 Å². The first kappa shape index (κ1) is 11.4. The molecule has 0 aliphatic carbocycles. The molecule has 90 valence electrons. The summed E-state index contributed by atoms with van der Waals surface area (Å²) in [6.07, 6.45) is 0. The molecule has 1 heterocycles. The minimum Gasteiger partial charge on any atom is -0.493 e. The molecule has 0 saturated carbocycles. The van der Waals surface area contributed by atoms with E-state index in [4.69, 9.17) is 0 Å². The number of aromatic hydroxyl groups is 1. The van der Waals surface area contributed by atoms with Crippen LogP contribution in [0, 0.1) is 0 Å². The first-order valence-electron chi connectivity index (χ1n) is 5.31. The summed E-state index contributed by atoms with van der Waals surface area (Å²) in [4.78, 5) is 14.2. The number of H-pyrrole nitrogens is 1. The van der Waals surface area contributed by atoms with Crippen molar-refractivity contribution in [1.82, 2.24) is 4.98 Å². The minimum absolute atomic E-state index is 0.0526. The van der Waals surface area contributed by atoms with E-state index in [-0.39, 0.29) is 10.8 Å². The van der Waals surface area contributed by atoms with Crippen LogP contribution in [-0.4, -0.2) is 10.1 Å². The van der Waals surface area contributed by atoms with Crippen LogP contribution in [0.5, 0.6) is 5.88 Å². The normalized spacial score (nSPS) is 10.9. The van der Waals surface area contributed by atoms with Crippen LogP contribution >= 0.6 is 23.1 Å². The number of thiazole rings is 1. The van der Waals surface area contributed by atoms with Crippen LogP contribution in [0.3, 0.4) is 0 Å². The molecule has 0 unspecified atom stereocenters. The Morgan fingerprint density at radius 2 is 1.89 bits per heavy atom. The van der Waals surface area contributed by atoms with Crippen molar-refractivity contribution in [2.45, 2.75) is 9.10 Å². The summed E-state index contributed by atoms with van der Waals surface area (Å²) in [6, 6.07) is 14.1. The highest BCUT2D eigenvalue weighted by atomic mass is 32.2. The van der Waals surface area contributed by atoms with Gasteiger partial charge < -0.3 is 5.11 Å². The molecule has 0 fully saturated rings. The Balaban J connectivity index is 2.00. The molecule has 2 aromatic carbocycles. The van der Waals surface area contributed by atoms with Crippen LogP contribution in [0.15, 0.2) is 56.4 Å². The molecule has 5 heteroatoms. The molecule has 3 aromatic rings. The maximum atomic E-state index is 11.1. The van der Waals surface area contributed by atoms with Crippen molar-refractivity contribution in [3.8, 4) is 5.88 Å². The van der Waals surface area contributed by atoms with Gasteiger partial charge in [0.1, 0.15) is 4.21 Å². The van der Waals surface area contributed by atoms with Gasteiger partial charge in [0.25, 0.3) is 0 Å². The smallest absolute Gasteiger partial charge is 0.308 e. The van der Waals surface area contributed by atoms with Crippen LogP contribution < -0.4 is 4.87 Å². The van der Waals surface area contributed by atoms with E-state index in [9.17, 15) is 9.90 Å². The lowest BCUT2D eigenvalue weighted by Gasteiger charge is -2.01. The van der Waals surface area contributed by atoms with Crippen molar-refractivity contribution in [1.29, 1.82) is 0 Å². The third-order valence-electron chi connectivity index (χ3n) is 2.53. The van der Waals surface area contributed by atoms with Gasteiger partial charge in [-0.2, -0.15) is 0 Å². The van der Waals surface area contributed by atoms with Gasteiger partial charge in [-0.05, 0) is 22.9 Å². The molecule has 0 bridgehead atoms. The third kappa shape index (κ3) is 2.14. The second-order valence-corrected chi connectivity index (χ2v) is 6.09. The van der Waals surface area contributed by atoms with Crippen molar-refractivity contribution < 1.29 is 5.11 Å². The number of aromatic amines is 1. The molecule has 1 aromatic heterocycles. The zero-order valence-corrected chi connectivity index (χ0v) is 10.8. The molecule has 0 amide bonds. The Morgan fingerprint density at radius 1 is 1.11 bits per heavy atom. The summed E-state index contributed by atoms with van der Waals surface area (Å²) in [6.45, 7) is 0. The van der Waals surface area contributed by atoms with Crippen molar-refractivity contribution in [2.24, 2.45) is 0 Å². The summed E-state index contributed by atoms with van der Waals surface area (Å²) >= 11 is 2.40. The Kier molecular flexibility index (Phi) is 2.85. The van der Waals surface area contributed by atoms with E-state index < -0.39 is 0 Å². The number of fused-ring (bicyclic) bond motifs is 1. The zero-order chi connectivity index (χ0) is 12.5. The molecule has 0 spiro atoms. The van der Waals surface area contributed by atoms with Gasteiger partial charge in [0.2, 0.25) is 5.88 Å². The highest BCUT2D eigenvalue weighted by Crippen LogP contribution is 2.36. The lowest BCUT2D eigenvalue weighted by Crippen LogP contribution is -1.89. The number of hydrogen-bond donors (Lipinski definition) is 2. The Hall–Kier alpha value is -1.72. The fourth-order valence-corrected chi connectivity index (χ4v) is 3.54. The van der Waals surface area contributed by atoms with E-state index in [0.717, 1.165) is 21.6 Å². The predicted octanol–water partition coefficient (Wildman–Crippen LogP) is 3.45. The molecule has 3 nitrogen and oxygen atoms in total. The van der Waals surface area contributed by atoms with Gasteiger partial charge in [-0.25, -0.2) is 0 Å². The quantitative estimate of drug-likeness (QED) is 0.753. The predicted molar refractivity (Wildman–Crippen MR) is 74.7 cm³/mol. The van der Waals surface area contributed by atoms with Gasteiger partial charge in [-0.15, -0.1) is 0 Å². The number of benzene rings is 2. The molecule has 0 atom stereocenters. The Labute approximate surface area is 111 Å². The van der Waals surface area contributed by atoms with Crippen LogP contribution in [0.25, 0.3) is 10.8 Å².